The van der Waals surface area contributed by atoms with E-state index in [1.54, 1.807) is 54.6 Å². The van der Waals surface area contributed by atoms with Gasteiger partial charge in [0.15, 0.2) is 0 Å². The van der Waals surface area contributed by atoms with Gasteiger partial charge in [-0.15, -0.1) is 0 Å². The van der Waals surface area contributed by atoms with Crippen LogP contribution in [0.4, 0.5) is 5.69 Å². The van der Waals surface area contributed by atoms with Crippen molar-refractivity contribution in [1.82, 2.24) is 0 Å². The number of ketones is 1. The summed E-state index contributed by atoms with van der Waals surface area (Å²) in [5, 5.41) is 21.2. The van der Waals surface area contributed by atoms with Crippen LogP contribution in [0.2, 0.25) is 5.02 Å². The molecular formula is C24H17BrClNO4. The predicted molar refractivity (Wildman–Crippen MR) is 123 cm³/mol. The molecule has 156 valence electrons. The Morgan fingerprint density at radius 3 is 2.39 bits per heavy atom. The monoisotopic (exact) mass is 497 g/mol. The van der Waals surface area contributed by atoms with Crippen LogP contribution in [0.25, 0.3) is 5.76 Å². The van der Waals surface area contributed by atoms with Crippen molar-refractivity contribution < 1.29 is 19.8 Å². The molecule has 7 heteroatoms. The molecule has 1 aliphatic rings. The Labute approximate surface area is 192 Å². The lowest BCUT2D eigenvalue weighted by Crippen LogP contribution is -2.29. The number of nitrogens with zero attached hydrogens (tertiary/aromatic N) is 1. The Balaban J connectivity index is 1.96. The Bertz CT molecular complexity index is 1240. The topological polar surface area (TPSA) is 77.8 Å². The fraction of sp³-hybridized carbons (Fsp3) is 0.0833. The number of phenols is 1. The average molecular weight is 499 g/mol. The summed E-state index contributed by atoms with van der Waals surface area (Å²) in [6.07, 6.45) is 0. The van der Waals surface area contributed by atoms with E-state index in [9.17, 15) is 19.8 Å². The van der Waals surface area contributed by atoms with Gasteiger partial charge < -0.3 is 10.2 Å². The predicted octanol–water partition coefficient (Wildman–Crippen LogP) is 5.74. The van der Waals surface area contributed by atoms with Gasteiger partial charge in [-0.3, -0.25) is 14.5 Å². The molecule has 1 amide bonds. The molecule has 1 heterocycles. The van der Waals surface area contributed by atoms with Gasteiger partial charge in [-0.2, -0.15) is 0 Å². The van der Waals surface area contributed by atoms with E-state index in [0.29, 0.717) is 21.8 Å². The first-order chi connectivity index (χ1) is 14.8. The molecular weight excluding hydrogens is 482 g/mol. The maximum Gasteiger partial charge on any atom is 0.300 e. The largest absolute Gasteiger partial charge is 0.508 e. The van der Waals surface area contributed by atoms with E-state index in [2.05, 4.69) is 15.9 Å². The normalized spacial score (nSPS) is 17.9. The minimum atomic E-state index is -0.886. The molecule has 0 radical (unpaired) electrons. The molecule has 0 saturated carbocycles. The van der Waals surface area contributed by atoms with Crippen molar-refractivity contribution in [2.24, 2.45) is 0 Å². The summed E-state index contributed by atoms with van der Waals surface area (Å²) in [6.45, 7) is 1.86. The number of halogens is 2. The van der Waals surface area contributed by atoms with E-state index in [-0.39, 0.29) is 17.1 Å². The number of phenolic OH excluding ortho intramolecular Hbond substituents is 1. The van der Waals surface area contributed by atoms with Crippen molar-refractivity contribution in [2.45, 2.75) is 13.0 Å². The first-order valence-electron chi connectivity index (χ1n) is 9.40. The fourth-order valence-corrected chi connectivity index (χ4v) is 4.08. The summed E-state index contributed by atoms with van der Waals surface area (Å²) >= 11 is 9.55. The first kappa shape index (κ1) is 21.2. The summed E-state index contributed by atoms with van der Waals surface area (Å²) in [7, 11) is 0. The van der Waals surface area contributed by atoms with Crippen LogP contribution in [0, 0.1) is 6.92 Å². The van der Waals surface area contributed by atoms with Gasteiger partial charge in [-0.05, 0) is 60.5 Å². The van der Waals surface area contributed by atoms with Crippen LogP contribution in [0.5, 0.6) is 5.75 Å². The Kier molecular flexibility index (Phi) is 5.60. The van der Waals surface area contributed by atoms with Gasteiger partial charge in [0.2, 0.25) is 0 Å². The lowest BCUT2D eigenvalue weighted by atomic mass is 9.94. The number of Topliss-reactive ketones (excluding diaryl/α,β-unsaturated/α-hetero) is 1. The van der Waals surface area contributed by atoms with Gasteiger partial charge in [-0.25, -0.2) is 0 Å². The molecule has 1 atom stereocenters. The summed E-state index contributed by atoms with van der Waals surface area (Å²) in [5.41, 5.74) is 2.26. The number of aliphatic hydroxyl groups excluding tert-OH is 1. The van der Waals surface area contributed by atoms with Crippen molar-refractivity contribution in [3.8, 4) is 5.75 Å². The van der Waals surface area contributed by atoms with E-state index < -0.39 is 17.7 Å². The lowest BCUT2D eigenvalue weighted by Gasteiger charge is -2.25. The molecule has 3 aromatic carbocycles. The Hall–Kier alpha value is -3.09. The van der Waals surface area contributed by atoms with E-state index in [0.717, 1.165) is 10.0 Å². The number of amides is 1. The molecule has 0 aliphatic carbocycles. The third-order valence-corrected chi connectivity index (χ3v) is 6.30. The maximum absolute atomic E-state index is 13.1. The van der Waals surface area contributed by atoms with Gasteiger partial charge >= 0.3 is 0 Å². The van der Waals surface area contributed by atoms with Gasteiger partial charge in [0.05, 0.1) is 11.6 Å². The number of aromatic hydroxyl groups is 1. The van der Waals surface area contributed by atoms with Gasteiger partial charge in [0.1, 0.15) is 11.5 Å². The summed E-state index contributed by atoms with van der Waals surface area (Å²) in [4.78, 5) is 27.5. The second-order valence-corrected chi connectivity index (χ2v) is 8.50. The van der Waals surface area contributed by atoms with Crippen LogP contribution < -0.4 is 4.90 Å². The second-order valence-electron chi connectivity index (χ2n) is 7.20. The zero-order valence-electron chi connectivity index (χ0n) is 16.3. The number of benzene rings is 3. The SMILES string of the molecule is Cc1cc(/C(O)=C2\C(=O)C(=O)N(c3cccc(Cl)c3)C2c2ccc(O)cc2)ccc1Br. The van der Waals surface area contributed by atoms with Crippen LogP contribution in [0.3, 0.4) is 0 Å². The Morgan fingerprint density at radius 1 is 1.03 bits per heavy atom. The highest BCUT2D eigenvalue weighted by molar-refractivity contribution is 9.10. The van der Waals surface area contributed by atoms with Gasteiger partial charge in [0, 0.05) is 20.7 Å². The second kappa shape index (κ2) is 8.21. The van der Waals surface area contributed by atoms with E-state index in [1.807, 2.05) is 6.92 Å². The molecule has 0 spiro atoms. The van der Waals surface area contributed by atoms with Crippen molar-refractivity contribution in [1.29, 1.82) is 0 Å². The molecule has 3 aromatic rings. The molecule has 5 nitrogen and oxygen atoms in total. The first-order valence-corrected chi connectivity index (χ1v) is 10.6. The van der Waals surface area contributed by atoms with Crippen LogP contribution in [-0.2, 0) is 9.59 Å². The summed E-state index contributed by atoms with van der Waals surface area (Å²) in [5.74, 6) is -1.78. The van der Waals surface area contributed by atoms with E-state index in [1.165, 1.54) is 17.0 Å². The lowest BCUT2D eigenvalue weighted by molar-refractivity contribution is -0.132. The zero-order valence-corrected chi connectivity index (χ0v) is 18.7. The van der Waals surface area contributed by atoms with Crippen LogP contribution in [0.1, 0.15) is 22.7 Å². The molecule has 1 unspecified atom stereocenters. The standard InChI is InChI=1S/C24H17BrClNO4/c1-13-11-15(7-10-19(13)25)22(29)20-21(14-5-8-18(28)9-6-14)27(24(31)23(20)30)17-4-2-3-16(26)12-17/h2-12,21,28-29H,1H3/b22-20+. The molecule has 0 bridgehead atoms. The number of hydrogen-bond donors (Lipinski definition) is 2. The number of rotatable bonds is 3. The van der Waals surface area contributed by atoms with Crippen molar-refractivity contribution in [3.05, 3.63) is 98.5 Å². The van der Waals surface area contributed by atoms with Crippen LogP contribution >= 0.6 is 27.5 Å². The molecule has 1 aliphatic heterocycles. The Morgan fingerprint density at radius 2 is 1.74 bits per heavy atom. The van der Waals surface area contributed by atoms with E-state index in [4.69, 9.17) is 11.6 Å². The number of aliphatic hydroxyl groups is 1. The van der Waals surface area contributed by atoms with Crippen molar-refractivity contribution in [2.75, 3.05) is 4.90 Å². The van der Waals surface area contributed by atoms with Crippen LogP contribution in [-0.4, -0.2) is 21.9 Å². The number of hydrogen-bond acceptors (Lipinski definition) is 4. The van der Waals surface area contributed by atoms with Crippen molar-refractivity contribution >= 4 is 50.7 Å². The zero-order chi connectivity index (χ0) is 22.3. The van der Waals surface area contributed by atoms with Crippen LogP contribution in [0.15, 0.2) is 76.8 Å². The number of anilines is 1. The molecule has 31 heavy (non-hydrogen) atoms. The maximum atomic E-state index is 13.1. The molecule has 1 saturated heterocycles. The third kappa shape index (κ3) is 3.84. The average Bonchev–Trinajstić information content (AvgIpc) is 3.01. The highest BCUT2D eigenvalue weighted by atomic mass is 79.9. The molecule has 2 N–H and O–H groups in total. The number of aryl methyl sites for hydroxylation is 1. The quantitative estimate of drug-likeness (QED) is 0.274. The number of carbonyl (C=O) groups excluding carboxylic acids is 2. The molecule has 0 aromatic heterocycles. The fourth-order valence-electron chi connectivity index (χ4n) is 3.64. The minimum absolute atomic E-state index is 0.0302. The minimum Gasteiger partial charge on any atom is -0.508 e. The number of carbonyl (C=O) groups is 2. The summed E-state index contributed by atoms with van der Waals surface area (Å²) in [6, 6.07) is 17.1. The van der Waals surface area contributed by atoms with Gasteiger partial charge in [0.25, 0.3) is 11.7 Å². The molecule has 4 rings (SSSR count). The third-order valence-electron chi connectivity index (χ3n) is 5.17. The smallest absolute Gasteiger partial charge is 0.300 e. The highest BCUT2D eigenvalue weighted by Crippen LogP contribution is 2.43. The van der Waals surface area contributed by atoms with Crippen molar-refractivity contribution in [3.63, 3.8) is 0 Å². The van der Waals surface area contributed by atoms with Gasteiger partial charge in [-0.1, -0.05) is 51.8 Å². The summed E-state index contributed by atoms with van der Waals surface area (Å²) < 4.78 is 0.860. The highest BCUT2D eigenvalue weighted by Gasteiger charge is 2.47. The molecule has 1 fully saturated rings. The van der Waals surface area contributed by atoms with E-state index >= 15 is 0 Å².